The fourth-order valence-electron chi connectivity index (χ4n) is 1.11. The number of hydrogen-bond acceptors (Lipinski definition) is 3. The SMILES string of the molecule is CCOC(=O)C=Cc1cc(Cl)nc(C(F)(F)F)c1. The first-order valence-corrected chi connectivity index (χ1v) is 5.30. The van der Waals surface area contributed by atoms with Crippen molar-refractivity contribution in [2.45, 2.75) is 13.1 Å². The fourth-order valence-corrected chi connectivity index (χ4v) is 1.33. The molecule has 0 radical (unpaired) electrons. The lowest BCUT2D eigenvalue weighted by molar-refractivity contribution is -0.141. The maximum absolute atomic E-state index is 12.4. The number of aromatic nitrogens is 1. The predicted octanol–water partition coefficient (Wildman–Crippen LogP) is 3.33. The molecule has 0 aliphatic carbocycles. The van der Waals surface area contributed by atoms with Gasteiger partial charge in [0.1, 0.15) is 10.8 Å². The van der Waals surface area contributed by atoms with Gasteiger partial charge < -0.3 is 4.74 Å². The number of alkyl halides is 3. The topological polar surface area (TPSA) is 39.2 Å². The van der Waals surface area contributed by atoms with Crippen LogP contribution in [-0.4, -0.2) is 17.6 Å². The number of halogens is 4. The molecule has 7 heteroatoms. The Morgan fingerprint density at radius 1 is 1.50 bits per heavy atom. The van der Waals surface area contributed by atoms with E-state index in [0.717, 1.165) is 12.1 Å². The normalized spacial score (nSPS) is 11.8. The fraction of sp³-hybridized carbons (Fsp3) is 0.273. The van der Waals surface area contributed by atoms with E-state index in [1.165, 1.54) is 12.1 Å². The summed E-state index contributed by atoms with van der Waals surface area (Å²) in [7, 11) is 0. The number of pyridine rings is 1. The molecular weight excluding hydrogens is 271 g/mol. The van der Waals surface area contributed by atoms with Crippen LogP contribution in [0.1, 0.15) is 18.2 Å². The quantitative estimate of drug-likeness (QED) is 0.484. The molecule has 1 heterocycles. The average molecular weight is 280 g/mol. The molecule has 18 heavy (non-hydrogen) atoms. The van der Waals surface area contributed by atoms with Crippen LogP contribution in [0.3, 0.4) is 0 Å². The summed E-state index contributed by atoms with van der Waals surface area (Å²) in [6, 6.07) is 2.01. The lowest BCUT2D eigenvalue weighted by Crippen LogP contribution is -2.08. The molecule has 98 valence electrons. The van der Waals surface area contributed by atoms with Crippen LogP contribution >= 0.6 is 11.6 Å². The smallest absolute Gasteiger partial charge is 0.433 e. The van der Waals surface area contributed by atoms with E-state index in [1.807, 2.05) is 0 Å². The molecule has 1 aromatic rings. The van der Waals surface area contributed by atoms with Crippen molar-refractivity contribution in [3.05, 3.63) is 34.6 Å². The first-order valence-electron chi connectivity index (χ1n) is 4.92. The summed E-state index contributed by atoms with van der Waals surface area (Å²) in [4.78, 5) is 14.2. The van der Waals surface area contributed by atoms with Gasteiger partial charge in [-0.25, -0.2) is 9.78 Å². The molecule has 0 saturated carbocycles. The highest BCUT2D eigenvalue weighted by molar-refractivity contribution is 6.29. The third-order valence-electron chi connectivity index (χ3n) is 1.81. The van der Waals surface area contributed by atoms with Crippen molar-refractivity contribution in [2.24, 2.45) is 0 Å². The van der Waals surface area contributed by atoms with Crippen LogP contribution < -0.4 is 0 Å². The number of rotatable bonds is 3. The Labute approximate surface area is 106 Å². The Hall–Kier alpha value is -1.56. The Morgan fingerprint density at radius 2 is 2.17 bits per heavy atom. The summed E-state index contributed by atoms with van der Waals surface area (Å²) in [5, 5.41) is -0.298. The maximum atomic E-state index is 12.4. The first-order chi connectivity index (χ1) is 8.32. The monoisotopic (exact) mass is 279 g/mol. The van der Waals surface area contributed by atoms with Gasteiger partial charge in [-0.05, 0) is 30.7 Å². The second-order valence-corrected chi connectivity index (χ2v) is 3.58. The van der Waals surface area contributed by atoms with Gasteiger partial charge in [0, 0.05) is 6.08 Å². The molecule has 0 amide bonds. The summed E-state index contributed by atoms with van der Waals surface area (Å²) in [6.07, 6.45) is -2.38. The van der Waals surface area contributed by atoms with Gasteiger partial charge in [-0.2, -0.15) is 13.2 Å². The molecule has 0 bridgehead atoms. The Balaban J connectivity index is 2.97. The molecule has 1 aromatic heterocycles. The van der Waals surface area contributed by atoms with Crippen LogP contribution in [0.4, 0.5) is 13.2 Å². The molecule has 3 nitrogen and oxygen atoms in total. The van der Waals surface area contributed by atoms with E-state index in [1.54, 1.807) is 6.92 Å². The van der Waals surface area contributed by atoms with E-state index in [-0.39, 0.29) is 17.3 Å². The van der Waals surface area contributed by atoms with E-state index in [9.17, 15) is 18.0 Å². The van der Waals surface area contributed by atoms with Gasteiger partial charge >= 0.3 is 12.1 Å². The zero-order chi connectivity index (χ0) is 13.8. The summed E-state index contributed by atoms with van der Waals surface area (Å²) in [6.45, 7) is 1.81. The highest BCUT2D eigenvalue weighted by Gasteiger charge is 2.32. The standard InChI is InChI=1S/C11H9ClF3NO2/c1-2-18-10(17)4-3-7-5-8(11(13,14)15)16-9(12)6-7/h3-6H,2H2,1H3. The number of esters is 1. The second kappa shape index (κ2) is 5.86. The van der Waals surface area contributed by atoms with Crippen LogP contribution in [0.25, 0.3) is 6.08 Å². The van der Waals surface area contributed by atoms with Gasteiger partial charge in [0.15, 0.2) is 0 Å². The lowest BCUT2D eigenvalue weighted by atomic mass is 10.2. The molecule has 0 saturated heterocycles. The van der Waals surface area contributed by atoms with Crippen molar-refractivity contribution in [3.8, 4) is 0 Å². The number of hydrogen-bond donors (Lipinski definition) is 0. The average Bonchev–Trinajstić information content (AvgIpc) is 2.25. The largest absolute Gasteiger partial charge is 0.463 e. The maximum Gasteiger partial charge on any atom is 0.433 e. The number of nitrogens with zero attached hydrogens (tertiary/aromatic N) is 1. The van der Waals surface area contributed by atoms with Crippen LogP contribution in [0.5, 0.6) is 0 Å². The number of carbonyl (C=O) groups is 1. The van der Waals surface area contributed by atoms with Gasteiger partial charge in [-0.1, -0.05) is 11.6 Å². The van der Waals surface area contributed by atoms with Crippen LogP contribution in [0.15, 0.2) is 18.2 Å². The molecule has 0 atom stereocenters. The Bertz CT molecular complexity index is 472. The molecule has 0 spiro atoms. The molecule has 0 fully saturated rings. The highest BCUT2D eigenvalue weighted by Crippen LogP contribution is 2.29. The molecule has 0 aliphatic heterocycles. The van der Waals surface area contributed by atoms with Crippen molar-refractivity contribution in [1.29, 1.82) is 0 Å². The minimum atomic E-state index is -4.59. The summed E-state index contributed by atoms with van der Waals surface area (Å²) < 4.78 is 41.9. The second-order valence-electron chi connectivity index (χ2n) is 3.19. The van der Waals surface area contributed by atoms with E-state index < -0.39 is 17.8 Å². The van der Waals surface area contributed by atoms with Crippen LogP contribution in [0, 0.1) is 0 Å². The van der Waals surface area contributed by atoms with Gasteiger partial charge in [0.2, 0.25) is 0 Å². The zero-order valence-electron chi connectivity index (χ0n) is 9.29. The van der Waals surface area contributed by atoms with E-state index in [2.05, 4.69) is 9.72 Å². The third-order valence-corrected chi connectivity index (χ3v) is 2.00. The molecule has 0 N–H and O–H groups in total. The lowest BCUT2D eigenvalue weighted by Gasteiger charge is -2.06. The van der Waals surface area contributed by atoms with Crippen molar-refractivity contribution >= 4 is 23.6 Å². The van der Waals surface area contributed by atoms with Gasteiger partial charge in [0.25, 0.3) is 0 Å². The number of ether oxygens (including phenoxy) is 1. The molecular formula is C11H9ClF3NO2. The molecule has 0 unspecified atom stereocenters. The van der Waals surface area contributed by atoms with Crippen molar-refractivity contribution < 1.29 is 22.7 Å². The zero-order valence-corrected chi connectivity index (χ0v) is 10.0. The van der Waals surface area contributed by atoms with E-state index >= 15 is 0 Å². The Kier molecular flexibility index (Phi) is 4.72. The van der Waals surface area contributed by atoms with E-state index in [0.29, 0.717) is 0 Å². The highest BCUT2D eigenvalue weighted by atomic mass is 35.5. The molecule has 1 rings (SSSR count). The third kappa shape index (κ3) is 4.37. The first kappa shape index (κ1) is 14.5. The van der Waals surface area contributed by atoms with Crippen LogP contribution in [0.2, 0.25) is 5.15 Å². The minimum absolute atomic E-state index is 0.121. The van der Waals surface area contributed by atoms with Crippen molar-refractivity contribution in [1.82, 2.24) is 4.98 Å². The summed E-state index contributed by atoms with van der Waals surface area (Å²) in [5.41, 5.74) is -0.992. The van der Waals surface area contributed by atoms with Crippen LogP contribution in [-0.2, 0) is 15.7 Å². The van der Waals surface area contributed by atoms with Gasteiger partial charge in [-0.15, -0.1) is 0 Å². The van der Waals surface area contributed by atoms with Crippen molar-refractivity contribution in [3.63, 3.8) is 0 Å². The van der Waals surface area contributed by atoms with Crippen molar-refractivity contribution in [2.75, 3.05) is 6.61 Å². The molecule has 0 aliphatic rings. The van der Waals surface area contributed by atoms with Gasteiger partial charge in [0.05, 0.1) is 6.61 Å². The Morgan fingerprint density at radius 3 is 2.72 bits per heavy atom. The summed E-state index contributed by atoms with van der Waals surface area (Å²) in [5.74, 6) is -0.640. The van der Waals surface area contributed by atoms with Gasteiger partial charge in [-0.3, -0.25) is 0 Å². The molecule has 0 aromatic carbocycles. The summed E-state index contributed by atoms with van der Waals surface area (Å²) >= 11 is 5.47. The number of carbonyl (C=O) groups excluding carboxylic acids is 1. The minimum Gasteiger partial charge on any atom is -0.463 e. The predicted molar refractivity (Wildman–Crippen MR) is 59.9 cm³/mol. The van der Waals surface area contributed by atoms with E-state index in [4.69, 9.17) is 11.6 Å².